The van der Waals surface area contributed by atoms with Crippen molar-refractivity contribution in [3.05, 3.63) is 29.3 Å². The Balaban J connectivity index is 2.17. The van der Waals surface area contributed by atoms with E-state index in [-0.39, 0.29) is 23.8 Å². The van der Waals surface area contributed by atoms with Crippen molar-refractivity contribution in [1.29, 1.82) is 0 Å². The number of benzene rings is 1. The molecule has 0 spiro atoms. The molecule has 0 saturated carbocycles. The van der Waals surface area contributed by atoms with Crippen LogP contribution in [0.2, 0.25) is 0 Å². The highest BCUT2D eigenvalue weighted by atomic mass is 16.2. The molecule has 1 saturated heterocycles. The monoisotopic (exact) mass is 275 g/mol. The molecule has 0 aromatic heterocycles. The fraction of sp³-hybridized carbons (Fsp3) is 0.467. The fourth-order valence-electron chi connectivity index (χ4n) is 2.59. The summed E-state index contributed by atoms with van der Waals surface area (Å²) in [5.74, 6) is -0.146. The largest absolute Gasteiger partial charge is 0.355 e. The third-order valence-corrected chi connectivity index (χ3v) is 3.93. The fourth-order valence-corrected chi connectivity index (χ4v) is 2.59. The van der Waals surface area contributed by atoms with Crippen molar-refractivity contribution in [3.63, 3.8) is 0 Å². The van der Waals surface area contributed by atoms with Crippen LogP contribution in [0.15, 0.2) is 18.2 Å². The molecule has 1 aromatic rings. The summed E-state index contributed by atoms with van der Waals surface area (Å²) in [6, 6.07) is 5.55. The van der Waals surface area contributed by atoms with Gasteiger partial charge in [0.1, 0.15) is 0 Å². The van der Waals surface area contributed by atoms with Crippen LogP contribution in [0.4, 0.5) is 5.69 Å². The maximum absolute atomic E-state index is 12.3. The molecule has 0 bridgehead atoms. The second-order valence-electron chi connectivity index (χ2n) is 5.18. The minimum absolute atomic E-state index is 0.0136. The molecule has 5 heteroatoms. The summed E-state index contributed by atoms with van der Waals surface area (Å²) in [7, 11) is 1.60. The first kappa shape index (κ1) is 14.5. The van der Waals surface area contributed by atoms with Crippen LogP contribution in [0.5, 0.6) is 0 Å². The lowest BCUT2D eigenvalue weighted by Crippen LogP contribution is -2.32. The van der Waals surface area contributed by atoms with Crippen molar-refractivity contribution in [3.8, 4) is 0 Å². The van der Waals surface area contributed by atoms with Gasteiger partial charge in [0.15, 0.2) is 0 Å². The van der Waals surface area contributed by atoms with Crippen LogP contribution >= 0.6 is 0 Å². The van der Waals surface area contributed by atoms with Crippen LogP contribution in [0, 0.1) is 12.8 Å². The Morgan fingerprint density at radius 3 is 2.70 bits per heavy atom. The zero-order valence-electron chi connectivity index (χ0n) is 12.1. The van der Waals surface area contributed by atoms with Gasteiger partial charge in [0, 0.05) is 24.3 Å². The molecular formula is C15H21N3O2. The molecule has 1 aliphatic rings. The van der Waals surface area contributed by atoms with E-state index in [0.717, 1.165) is 18.5 Å². The Labute approximate surface area is 119 Å². The lowest BCUT2D eigenvalue weighted by atomic mass is 10.00. The van der Waals surface area contributed by atoms with E-state index in [4.69, 9.17) is 0 Å². The number of anilines is 1. The van der Waals surface area contributed by atoms with Crippen molar-refractivity contribution in [2.45, 2.75) is 26.3 Å². The van der Waals surface area contributed by atoms with Gasteiger partial charge < -0.3 is 16.0 Å². The van der Waals surface area contributed by atoms with Crippen LogP contribution in [0.25, 0.3) is 0 Å². The van der Waals surface area contributed by atoms with Gasteiger partial charge in [0.2, 0.25) is 5.91 Å². The van der Waals surface area contributed by atoms with Gasteiger partial charge in [-0.25, -0.2) is 0 Å². The van der Waals surface area contributed by atoms with Gasteiger partial charge in [0.05, 0.1) is 5.92 Å². The summed E-state index contributed by atoms with van der Waals surface area (Å²) >= 11 is 0. The first-order valence-electron chi connectivity index (χ1n) is 6.90. The number of rotatable bonds is 3. The van der Waals surface area contributed by atoms with E-state index in [1.54, 1.807) is 19.2 Å². The second kappa shape index (κ2) is 6.05. The van der Waals surface area contributed by atoms with E-state index in [0.29, 0.717) is 11.3 Å². The molecule has 1 aromatic carbocycles. The second-order valence-corrected chi connectivity index (χ2v) is 5.18. The summed E-state index contributed by atoms with van der Waals surface area (Å²) in [6.07, 6.45) is 0.848. The van der Waals surface area contributed by atoms with E-state index < -0.39 is 0 Å². The van der Waals surface area contributed by atoms with Crippen LogP contribution in [-0.4, -0.2) is 31.4 Å². The molecule has 2 atom stereocenters. The predicted molar refractivity (Wildman–Crippen MR) is 78.8 cm³/mol. The molecule has 108 valence electrons. The summed E-state index contributed by atoms with van der Waals surface area (Å²) in [5.41, 5.74) is 2.08. The van der Waals surface area contributed by atoms with E-state index in [1.807, 2.05) is 19.9 Å². The number of carbonyl (C=O) groups is 2. The molecule has 20 heavy (non-hydrogen) atoms. The van der Waals surface area contributed by atoms with Crippen molar-refractivity contribution >= 4 is 17.5 Å². The Morgan fingerprint density at radius 2 is 2.10 bits per heavy atom. The third kappa shape index (κ3) is 2.82. The number of hydrogen-bond donors (Lipinski definition) is 3. The highest BCUT2D eigenvalue weighted by Crippen LogP contribution is 2.22. The van der Waals surface area contributed by atoms with E-state index in [9.17, 15) is 9.59 Å². The highest BCUT2D eigenvalue weighted by molar-refractivity contribution is 5.99. The van der Waals surface area contributed by atoms with Gasteiger partial charge in [-0.15, -0.1) is 0 Å². The summed E-state index contributed by atoms with van der Waals surface area (Å²) < 4.78 is 0. The topological polar surface area (TPSA) is 70.2 Å². The maximum atomic E-state index is 12.3. The first-order valence-corrected chi connectivity index (χ1v) is 6.90. The molecule has 1 aliphatic heterocycles. The molecule has 0 aliphatic carbocycles. The zero-order valence-corrected chi connectivity index (χ0v) is 12.1. The molecule has 2 rings (SSSR count). The number of nitrogens with one attached hydrogen (secondary N) is 3. The molecule has 5 nitrogen and oxygen atoms in total. The summed E-state index contributed by atoms with van der Waals surface area (Å²) in [4.78, 5) is 24.0. The van der Waals surface area contributed by atoms with Crippen LogP contribution in [0.1, 0.15) is 29.3 Å². The van der Waals surface area contributed by atoms with Gasteiger partial charge in [-0.3, -0.25) is 9.59 Å². The van der Waals surface area contributed by atoms with Gasteiger partial charge in [0.25, 0.3) is 5.91 Å². The van der Waals surface area contributed by atoms with E-state index in [2.05, 4.69) is 16.0 Å². The molecule has 1 fully saturated rings. The van der Waals surface area contributed by atoms with Gasteiger partial charge in [-0.1, -0.05) is 6.07 Å². The molecule has 3 N–H and O–H groups in total. The lowest BCUT2D eigenvalue weighted by molar-refractivity contribution is -0.120. The lowest BCUT2D eigenvalue weighted by Gasteiger charge is -2.17. The minimum atomic E-state index is -0.144. The first-order chi connectivity index (χ1) is 9.54. The van der Waals surface area contributed by atoms with E-state index >= 15 is 0 Å². The summed E-state index contributed by atoms with van der Waals surface area (Å²) in [6.45, 7) is 4.73. The van der Waals surface area contributed by atoms with Crippen molar-refractivity contribution in [2.24, 2.45) is 5.92 Å². The average molecular weight is 275 g/mol. The minimum Gasteiger partial charge on any atom is -0.355 e. The Morgan fingerprint density at radius 1 is 1.35 bits per heavy atom. The van der Waals surface area contributed by atoms with Gasteiger partial charge in [-0.05, 0) is 44.5 Å². The standard InChI is InChI=1S/C15H21N3O2/c1-9-11(14(19)16-3)5-4-6-13(9)18-15(20)12-7-8-17-10(12)2/h4-6,10,12,17H,7-8H2,1-3H3,(H,16,19)(H,18,20). The van der Waals surface area contributed by atoms with Gasteiger partial charge >= 0.3 is 0 Å². The van der Waals surface area contributed by atoms with Crippen LogP contribution < -0.4 is 16.0 Å². The molecule has 1 heterocycles. The van der Waals surface area contributed by atoms with Gasteiger partial charge in [-0.2, -0.15) is 0 Å². The summed E-state index contributed by atoms with van der Waals surface area (Å²) in [5, 5.41) is 8.81. The maximum Gasteiger partial charge on any atom is 0.251 e. The normalized spacial score (nSPS) is 21.6. The number of carbonyl (C=O) groups excluding carboxylic acids is 2. The molecular weight excluding hydrogens is 254 g/mol. The van der Waals surface area contributed by atoms with Crippen LogP contribution in [-0.2, 0) is 4.79 Å². The predicted octanol–water partition coefficient (Wildman–Crippen LogP) is 1.29. The average Bonchev–Trinajstić information content (AvgIpc) is 2.86. The molecule has 0 radical (unpaired) electrons. The Kier molecular flexibility index (Phi) is 4.39. The van der Waals surface area contributed by atoms with Crippen LogP contribution in [0.3, 0.4) is 0 Å². The SMILES string of the molecule is CNC(=O)c1cccc(NC(=O)C2CCNC2C)c1C. The molecule has 2 amide bonds. The smallest absolute Gasteiger partial charge is 0.251 e. The number of amides is 2. The van der Waals surface area contributed by atoms with E-state index in [1.165, 1.54) is 0 Å². The third-order valence-electron chi connectivity index (χ3n) is 3.93. The number of hydrogen-bond acceptors (Lipinski definition) is 3. The highest BCUT2D eigenvalue weighted by Gasteiger charge is 2.29. The van der Waals surface area contributed by atoms with Crippen molar-refractivity contribution < 1.29 is 9.59 Å². The zero-order chi connectivity index (χ0) is 14.7. The molecule has 2 unspecified atom stereocenters. The van der Waals surface area contributed by atoms with Crippen molar-refractivity contribution in [2.75, 3.05) is 18.9 Å². The Bertz CT molecular complexity index is 528. The Hall–Kier alpha value is -1.88. The van der Waals surface area contributed by atoms with Crippen molar-refractivity contribution in [1.82, 2.24) is 10.6 Å². The quantitative estimate of drug-likeness (QED) is 0.778.